The lowest BCUT2D eigenvalue weighted by molar-refractivity contribution is 0.0696. The fourth-order valence-electron chi connectivity index (χ4n) is 1.89. The summed E-state index contributed by atoms with van der Waals surface area (Å²) in [5.41, 5.74) is 0.438. The second-order valence-electron chi connectivity index (χ2n) is 3.88. The van der Waals surface area contributed by atoms with Gasteiger partial charge in [0.2, 0.25) is 0 Å². The lowest BCUT2D eigenvalue weighted by atomic mass is 9.96. The Kier molecular flexibility index (Phi) is 3.10. The molecule has 92 valence electrons. The Labute approximate surface area is 103 Å². The molecule has 2 aromatic rings. The summed E-state index contributed by atoms with van der Waals surface area (Å²) < 4.78 is 27.3. The Morgan fingerprint density at radius 3 is 2.17 bits per heavy atom. The minimum Gasteiger partial charge on any atom is -0.478 e. The van der Waals surface area contributed by atoms with E-state index in [9.17, 15) is 13.6 Å². The topological polar surface area (TPSA) is 37.3 Å². The monoisotopic (exact) mass is 248 g/mol. The van der Waals surface area contributed by atoms with E-state index in [-0.39, 0.29) is 16.7 Å². The Morgan fingerprint density at radius 2 is 1.61 bits per heavy atom. The summed E-state index contributed by atoms with van der Waals surface area (Å²) in [6.07, 6.45) is 0. The second kappa shape index (κ2) is 4.56. The number of carbonyl (C=O) groups is 1. The van der Waals surface area contributed by atoms with E-state index in [0.717, 1.165) is 12.1 Å². The molecule has 2 aromatic carbocycles. The molecule has 0 bridgehead atoms. The van der Waals surface area contributed by atoms with Crippen molar-refractivity contribution in [3.8, 4) is 11.1 Å². The van der Waals surface area contributed by atoms with Crippen LogP contribution >= 0.6 is 0 Å². The summed E-state index contributed by atoms with van der Waals surface area (Å²) in [5, 5.41) is 8.99. The highest BCUT2D eigenvalue weighted by atomic mass is 19.1. The van der Waals surface area contributed by atoms with E-state index in [1.165, 1.54) is 31.2 Å². The predicted octanol–water partition coefficient (Wildman–Crippen LogP) is 3.64. The Morgan fingerprint density at radius 1 is 1.06 bits per heavy atom. The van der Waals surface area contributed by atoms with Crippen LogP contribution in [0.1, 0.15) is 15.9 Å². The highest BCUT2D eigenvalue weighted by Crippen LogP contribution is 2.30. The number of carboxylic acid groups (broad SMARTS) is 1. The molecule has 2 nitrogen and oxygen atoms in total. The Bertz CT molecular complexity index is 601. The van der Waals surface area contributed by atoms with Crippen molar-refractivity contribution in [1.29, 1.82) is 0 Å². The zero-order valence-corrected chi connectivity index (χ0v) is 9.58. The molecule has 0 unspecified atom stereocenters. The van der Waals surface area contributed by atoms with E-state index in [4.69, 9.17) is 5.11 Å². The van der Waals surface area contributed by atoms with Gasteiger partial charge in [-0.1, -0.05) is 18.2 Å². The van der Waals surface area contributed by atoms with Gasteiger partial charge in [-0.15, -0.1) is 0 Å². The van der Waals surface area contributed by atoms with E-state index >= 15 is 0 Å². The fourth-order valence-corrected chi connectivity index (χ4v) is 1.89. The molecule has 0 saturated carbocycles. The van der Waals surface area contributed by atoms with Crippen molar-refractivity contribution in [3.63, 3.8) is 0 Å². The second-order valence-corrected chi connectivity index (χ2v) is 3.88. The van der Waals surface area contributed by atoms with Gasteiger partial charge in [0.25, 0.3) is 0 Å². The maximum absolute atomic E-state index is 13.7. The van der Waals surface area contributed by atoms with Crippen LogP contribution in [0.25, 0.3) is 11.1 Å². The van der Waals surface area contributed by atoms with E-state index < -0.39 is 17.6 Å². The molecule has 0 aliphatic rings. The highest BCUT2D eigenvalue weighted by molar-refractivity contribution is 5.92. The molecule has 18 heavy (non-hydrogen) atoms. The van der Waals surface area contributed by atoms with Crippen LogP contribution in [0.3, 0.4) is 0 Å². The van der Waals surface area contributed by atoms with Crippen LogP contribution < -0.4 is 0 Å². The predicted molar refractivity (Wildman–Crippen MR) is 63.5 cm³/mol. The third kappa shape index (κ3) is 1.97. The van der Waals surface area contributed by atoms with Gasteiger partial charge in [0.1, 0.15) is 11.6 Å². The molecule has 0 aliphatic heterocycles. The van der Waals surface area contributed by atoms with Crippen LogP contribution in [-0.2, 0) is 0 Å². The van der Waals surface area contributed by atoms with Crippen molar-refractivity contribution >= 4 is 5.97 Å². The van der Waals surface area contributed by atoms with Crippen molar-refractivity contribution in [3.05, 3.63) is 59.2 Å². The van der Waals surface area contributed by atoms with Crippen LogP contribution in [0.15, 0.2) is 36.4 Å². The molecule has 0 saturated heterocycles. The zero-order chi connectivity index (χ0) is 13.3. The number of benzene rings is 2. The zero-order valence-electron chi connectivity index (χ0n) is 9.58. The smallest absolute Gasteiger partial charge is 0.335 e. The van der Waals surface area contributed by atoms with Crippen molar-refractivity contribution in [2.45, 2.75) is 6.92 Å². The first kappa shape index (κ1) is 12.2. The maximum Gasteiger partial charge on any atom is 0.335 e. The fraction of sp³-hybridized carbons (Fsp3) is 0.0714. The van der Waals surface area contributed by atoms with E-state index in [1.807, 2.05) is 0 Å². The van der Waals surface area contributed by atoms with Gasteiger partial charge in [0.15, 0.2) is 0 Å². The standard InChI is InChI=1S/C14H10F2O2/c1-8-9(4-2-5-10(8)14(17)18)13-11(15)6-3-7-12(13)16/h2-7H,1H3,(H,17,18). The van der Waals surface area contributed by atoms with E-state index in [2.05, 4.69) is 0 Å². The van der Waals surface area contributed by atoms with Crippen molar-refractivity contribution < 1.29 is 18.7 Å². The number of rotatable bonds is 2. The summed E-state index contributed by atoms with van der Waals surface area (Å²) in [5.74, 6) is -2.53. The van der Waals surface area contributed by atoms with Gasteiger partial charge in [-0.25, -0.2) is 13.6 Å². The molecular weight excluding hydrogens is 238 g/mol. The summed E-state index contributed by atoms with van der Waals surface area (Å²) in [6, 6.07) is 7.93. The largest absolute Gasteiger partial charge is 0.478 e. The third-order valence-corrected chi connectivity index (χ3v) is 2.80. The molecule has 1 N–H and O–H groups in total. The molecular formula is C14H10F2O2. The Balaban J connectivity index is 2.73. The molecule has 0 aliphatic carbocycles. The maximum atomic E-state index is 13.7. The summed E-state index contributed by atoms with van der Waals surface area (Å²) in [6.45, 7) is 1.53. The molecule has 0 spiro atoms. The van der Waals surface area contributed by atoms with Gasteiger partial charge < -0.3 is 5.11 Å². The lowest BCUT2D eigenvalue weighted by Gasteiger charge is -2.10. The van der Waals surface area contributed by atoms with Gasteiger partial charge >= 0.3 is 5.97 Å². The number of halogens is 2. The van der Waals surface area contributed by atoms with Crippen LogP contribution in [-0.4, -0.2) is 11.1 Å². The number of hydrogen-bond donors (Lipinski definition) is 1. The molecule has 0 fully saturated rings. The highest BCUT2D eigenvalue weighted by Gasteiger charge is 2.16. The van der Waals surface area contributed by atoms with Crippen molar-refractivity contribution in [2.75, 3.05) is 0 Å². The van der Waals surface area contributed by atoms with Crippen LogP contribution in [0.4, 0.5) is 8.78 Å². The average Bonchev–Trinajstić information content (AvgIpc) is 2.30. The minimum absolute atomic E-state index is 0.0372. The summed E-state index contributed by atoms with van der Waals surface area (Å²) >= 11 is 0. The van der Waals surface area contributed by atoms with Gasteiger partial charge in [0, 0.05) is 0 Å². The average molecular weight is 248 g/mol. The van der Waals surface area contributed by atoms with Gasteiger partial charge in [0.05, 0.1) is 11.1 Å². The normalized spacial score (nSPS) is 10.4. The van der Waals surface area contributed by atoms with Crippen LogP contribution in [0.2, 0.25) is 0 Å². The molecule has 0 heterocycles. The molecule has 0 amide bonds. The first-order valence-electron chi connectivity index (χ1n) is 5.29. The Hall–Kier alpha value is -2.23. The van der Waals surface area contributed by atoms with E-state index in [0.29, 0.717) is 5.56 Å². The first-order chi connectivity index (χ1) is 8.52. The molecule has 0 radical (unpaired) electrons. The number of aromatic carboxylic acids is 1. The third-order valence-electron chi connectivity index (χ3n) is 2.80. The number of hydrogen-bond acceptors (Lipinski definition) is 1. The van der Waals surface area contributed by atoms with Crippen LogP contribution in [0.5, 0.6) is 0 Å². The SMILES string of the molecule is Cc1c(C(=O)O)cccc1-c1c(F)cccc1F. The van der Waals surface area contributed by atoms with Gasteiger partial charge in [-0.05, 0) is 36.2 Å². The van der Waals surface area contributed by atoms with Crippen molar-refractivity contribution in [1.82, 2.24) is 0 Å². The summed E-state index contributed by atoms with van der Waals surface area (Å²) in [4.78, 5) is 11.0. The lowest BCUT2D eigenvalue weighted by Crippen LogP contribution is -2.02. The van der Waals surface area contributed by atoms with Gasteiger partial charge in [-0.2, -0.15) is 0 Å². The number of carboxylic acids is 1. The van der Waals surface area contributed by atoms with E-state index in [1.54, 1.807) is 0 Å². The summed E-state index contributed by atoms with van der Waals surface area (Å²) in [7, 11) is 0. The van der Waals surface area contributed by atoms with Crippen LogP contribution in [0, 0.1) is 18.6 Å². The first-order valence-corrected chi connectivity index (χ1v) is 5.29. The molecule has 2 rings (SSSR count). The molecule has 0 aromatic heterocycles. The molecule has 4 heteroatoms. The quantitative estimate of drug-likeness (QED) is 0.880. The van der Waals surface area contributed by atoms with Crippen molar-refractivity contribution in [2.24, 2.45) is 0 Å². The van der Waals surface area contributed by atoms with Gasteiger partial charge in [-0.3, -0.25) is 0 Å². The minimum atomic E-state index is -1.12. The molecule has 0 atom stereocenters.